The number of nitrogens with one attached hydrogen (secondary N) is 1. The number of hydrogen-bond donors (Lipinski definition) is 1. The Balaban J connectivity index is 1.50. The van der Waals surface area contributed by atoms with E-state index >= 15 is 0 Å². The molecule has 214 valence electrons. The van der Waals surface area contributed by atoms with Crippen LogP contribution in [0.4, 0.5) is 4.39 Å². The van der Waals surface area contributed by atoms with Gasteiger partial charge in [-0.3, -0.25) is 15.0 Å². The first-order chi connectivity index (χ1) is 19.0. The normalized spacial score (nSPS) is 19.7. The summed E-state index contributed by atoms with van der Waals surface area (Å²) in [5.41, 5.74) is 1.32. The van der Waals surface area contributed by atoms with Crippen LogP contribution in [0.3, 0.4) is 0 Å². The molecule has 10 heteroatoms. The van der Waals surface area contributed by atoms with E-state index in [1.165, 1.54) is 24.3 Å². The lowest BCUT2D eigenvalue weighted by Gasteiger charge is -2.44. The number of carbonyl (C=O) groups is 1. The summed E-state index contributed by atoms with van der Waals surface area (Å²) in [4.78, 5) is 16.0. The smallest absolute Gasteiger partial charge is 0.260 e. The molecule has 1 fully saturated rings. The minimum absolute atomic E-state index is 0.0709. The highest BCUT2D eigenvalue weighted by Crippen LogP contribution is 2.39. The van der Waals surface area contributed by atoms with Crippen LogP contribution in [0.2, 0.25) is 5.02 Å². The second kappa shape index (κ2) is 12.3. The van der Waals surface area contributed by atoms with Gasteiger partial charge in [-0.05, 0) is 75.8 Å². The third-order valence-electron chi connectivity index (χ3n) is 7.61. The van der Waals surface area contributed by atoms with Gasteiger partial charge < -0.3 is 9.64 Å². The van der Waals surface area contributed by atoms with E-state index in [-0.39, 0.29) is 41.1 Å². The molecule has 1 N–H and O–H groups in total. The zero-order valence-electron chi connectivity index (χ0n) is 23.1. The molecule has 1 saturated heterocycles. The molecule has 0 aromatic heterocycles. The molecule has 0 radical (unpaired) electrons. The molecule has 40 heavy (non-hydrogen) atoms. The van der Waals surface area contributed by atoms with E-state index in [0.717, 1.165) is 5.56 Å². The molecule has 7 nitrogen and oxygen atoms in total. The van der Waals surface area contributed by atoms with Crippen molar-refractivity contribution in [1.82, 2.24) is 15.1 Å². The first kappa shape index (κ1) is 30.0. The maximum atomic E-state index is 13.7. The van der Waals surface area contributed by atoms with Gasteiger partial charge in [-0.25, -0.2) is 12.8 Å². The fraction of sp³-hybridized carbons (Fsp3) is 0.367. The summed E-state index contributed by atoms with van der Waals surface area (Å²) in [6.07, 6.45) is 0. The quantitative estimate of drug-likeness (QED) is 0.386. The summed E-state index contributed by atoms with van der Waals surface area (Å²) < 4.78 is 46.8. The van der Waals surface area contributed by atoms with Gasteiger partial charge in [0.15, 0.2) is 11.5 Å². The van der Waals surface area contributed by atoms with E-state index in [9.17, 15) is 17.6 Å². The molecule has 3 aromatic carbocycles. The van der Waals surface area contributed by atoms with Crippen molar-refractivity contribution >= 4 is 27.3 Å². The Morgan fingerprint density at radius 2 is 1.73 bits per heavy atom. The highest BCUT2D eigenvalue weighted by molar-refractivity contribution is 7.92. The van der Waals surface area contributed by atoms with Crippen LogP contribution in [0.25, 0.3) is 0 Å². The minimum Gasteiger partial charge on any atom is -0.483 e. The lowest BCUT2D eigenvalue weighted by Crippen LogP contribution is -2.58. The van der Waals surface area contributed by atoms with Crippen LogP contribution in [0, 0.1) is 5.82 Å². The largest absolute Gasteiger partial charge is 0.483 e. The maximum absolute atomic E-state index is 13.7. The molecule has 0 aliphatic carbocycles. The molecule has 0 bridgehead atoms. The molecule has 1 unspecified atom stereocenters. The highest BCUT2D eigenvalue weighted by Gasteiger charge is 2.43. The molecular weight excluding hydrogens is 553 g/mol. The molecule has 1 aliphatic rings. The van der Waals surface area contributed by atoms with Crippen molar-refractivity contribution in [2.45, 2.75) is 49.2 Å². The lowest BCUT2D eigenvalue weighted by atomic mass is 10.1. The van der Waals surface area contributed by atoms with Crippen LogP contribution >= 0.6 is 11.6 Å². The Labute approximate surface area is 240 Å². The van der Waals surface area contributed by atoms with Gasteiger partial charge in [0.1, 0.15) is 11.6 Å². The molecule has 1 heterocycles. The average Bonchev–Trinajstić information content (AvgIpc) is 2.95. The van der Waals surface area contributed by atoms with Crippen molar-refractivity contribution in [2.24, 2.45) is 0 Å². The SMILES string of the molecule is CNC(C)(c1cc(Cl)ccc1OCC(=O)N1C[C@@H](C)N(Cc2ccc(F)cc2)C[C@@H]1C)S(=O)(=O)c1ccccc1. The summed E-state index contributed by atoms with van der Waals surface area (Å²) >= 11 is 6.30. The second-order valence-electron chi connectivity index (χ2n) is 10.3. The highest BCUT2D eigenvalue weighted by atomic mass is 35.5. The fourth-order valence-electron chi connectivity index (χ4n) is 5.06. The molecule has 1 aliphatic heterocycles. The van der Waals surface area contributed by atoms with Crippen molar-refractivity contribution in [3.8, 4) is 5.75 Å². The summed E-state index contributed by atoms with van der Waals surface area (Å²) in [5, 5.41) is 3.29. The van der Waals surface area contributed by atoms with Crippen LogP contribution in [-0.4, -0.2) is 63.0 Å². The maximum Gasteiger partial charge on any atom is 0.260 e. The summed E-state index contributed by atoms with van der Waals surface area (Å²) in [6, 6.07) is 19.4. The summed E-state index contributed by atoms with van der Waals surface area (Å²) in [5.74, 6) is -0.208. The van der Waals surface area contributed by atoms with Crippen molar-refractivity contribution in [3.63, 3.8) is 0 Å². The number of hydrogen-bond acceptors (Lipinski definition) is 6. The van der Waals surface area contributed by atoms with E-state index in [4.69, 9.17) is 16.3 Å². The predicted molar refractivity (Wildman–Crippen MR) is 154 cm³/mol. The van der Waals surface area contributed by atoms with Crippen molar-refractivity contribution in [2.75, 3.05) is 26.7 Å². The van der Waals surface area contributed by atoms with Gasteiger partial charge in [-0.15, -0.1) is 0 Å². The Morgan fingerprint density at radius 1 is 1.05 bits per heavy atom. The van der Waals surface area contributed by atoms with Crippen molar-refractivity contribution in [3.05, 3.63) is 94.8 Å². The number of amides is 1. The topological polar surface area (TPSA) is 79.0 Å². The molecule has 4 rings (SSSR count). The number of benzene rings is 3. The summed E-state index contributed by atoms with van der Waals surface area (Å²) in [6.45, 7) is 7.17. The molecule has 0 spiro atoms. The van der Waals surface area contributed by atoms with Gasteiger partial charge >= 0.3 is 0 Å². The monoisotopic (exact) mass is 587 g/mol. The average molecular weight is 588 g/mol. The Morgan fingerprint density at radius 3 is 2.38 bits per heavy atom. The standard InChI is InChI=1S/C30H35ClFN3O4S/c1-21-18-35(22(2)17-34(21)19-23-10-13-25(32)14-11-23)29(36)20-39-28-15-12-24(31)16-27(28)30(3,33-4)40(37,38)26-8-6-5-7-9-26/h5-16,21-22,33H,17-20H2,1-4H3/t21-,22+,30?/m1/s1. The third-order valence-corrected chi connectivity index (χ3v) is 10.2. The van der Waals surface area contributed by atoms with E-state index in [0.29, 0.717) is 30.2 Å². The Kier molecular flexibility index (Phi) is 9.19. The first-order valence-corrected chi connectivity index (χ1v) is 15.0. The first-order valence-electron chi connectivity index (χ1n) is 13.2. The van der Waals surface area contributed by atoms with Crippen LogP contribution in [0.5, 0.6) is 5.75 Å². The zero-order valence-corrected chi connectivity index (χ0v) is 24.7. The number of halogens is 2. The number of carbonyl (C=O) groups excluding carboxylic acids is 1. The number of ether oxygens (including phenoxy) is 1. The zero-order chi connectivity index (χ0) is 29.1. The van der Waals surface area contributed by atoms with Gasteiger partial charge in [-0.2, -0.15) is 0 Å². The second-order valence-corrected chi connectivity index (χ2v) is 13.1. The predicted octanol–water partition coefficient (Wildman–Crippen LogP) is 4.85. The van der Waals surface area contributed by atoms with E-state index < -0.39 is 14.7 Å². The van der Waals surface area contributed by atoms with E-state index in [2.05, 4.69) is 17.1 Å². The van der Waals surface area contributed by atoms with Gasteiger partial charge in [-0.1, -0.05) is 41.9 Å². The van der Waals surface area contributed by atoms with Crippen LogP contribution in [-0.2, 0) is 26.0 Å². The molecular formula is C30H35ClFN3O4S. The Bertz CT molecular complexity index is 1440. The van der Waals surface area contributed by atoms with E-state index in [1.54, 1.807) is 67.4 Å². The van der Waals surface area contributed by atoms with Crippen LogP contribution in [0.15, 0.2) is 77.7 Å². The molecule has 3 aromatic rings. The van der Waals surface area contributed by atoms with Gasteiger partial charge in [0, 0.05) is 42.3 Å². The number of sulfone groups is 1. The van der Waals surface area contributed by atoms with Gasteiger partial charge in [0.2, 0.25) is 9.84 Å². The number of piperazine rings is 1. The van der Waals surface area contributed by atoms with Crippen LogP contribution < -0.4 is 10.1 Å². The third kappa shape index (κ3) is 6.17. The number of rotatable bonds is 9. The molecule has 1 amide bonds. The molecule has 3 atom stereocenters. The summed E-state index contributed by atoms with van der Waals surface area (Å²) in [7, 11) is -2.36. The van der Waals surface area contributed by atoms with Gasteiger partial charge in [0.05, 0.1) is 4.90 Å². The van der Waals surface area contributed by atoms with Crippen molar-refractivity contribution < 1.29 is 22.3 Å². The lowest BCUT2D eigenvalue weighted by molar-refractivity contribution is -0.139. The van der Waals surface area contributed by atoms with Gasteiger partial charge in [0.25, 0.3) is 5.91 Å². The Hall–Kier alpha value is -2.98. The number of nitrogens with zero attached hydrogens (tertiary/aromatic N) is 2. The van der Waals surface area contributed by atoms with Crippen molar-refractivity contribution in [1.29, 1.82) is 0 Å². The van der Waals surface area contributed by atoms with Crippen LogP contribution in [0.1, 0.15) is 31.9 Å². The van der Waals surface area contributed by atoms with E-state index in [1.807, 2.05) is 6.92 Å². The minimum atomic E-state index is -3.92. The fourth-order valence-corrected chi connectivity index (χ4v) is 6.94. The molecule has 0 saturated carbocycles.